The van der Waals surface area contributed by atoms with E-state index in [1.807, 2.05) is 16.7 Å². The molecule has 1 aliphatic rings. The highest BCUT2D eigenvalue weighted by Gasteiger charge is 2.29. The van der Waals surface area contributed by atoms with E-state index in [1.165, 1.54) is 11.9 Å². The summed E-state index contributed by atoms with van der Waals surface area (Å²) in [5.74, 6) is 0.599. The van der Waals surface area contributed by atoms with Gasteiger partial charge in [-0.1, -0.05) is 6.07 Å². The lowest BCUT2D eigenvalue weighted by atomic mass is 10.0. The first-order chi connectivity index (χ1) is 18.8. The molecular weight excluding hydrogens is 525 g/mol. The van der Waals surface area contributed by atoms with E-state index in [1.54, 1.807) is 12.3 Å². The Morgan fingerprint density at radius 3 is 2.69 bits per heavy atom. The molecule has 12 heteroatoms. The van der Waals surface area contributed by atoms with Crippen molar-refractivity contribution in [2.75, 3.05) is 18.4 Å². The van der Waals surface area contributed by atoms with Gasteiger partial charge in [-0.05, 0) is 48.7 Å². The number of halogens is 3. The number of fused-ring (bicyclic) bond motifs is 2. The third-order valence-corrected chi connectivity index (χ3v) is 8.10. The maximum Gasteiger partial charge on any atom is 0.393 e. The van der Waals surface area contributed by atoms with E-state index in [-0.39, 0.29) is 10.9 Å². The lowest BCUT2D eigenvalue weighted by Crippen LogP contribution is -2.38. The number of thiophene rings is 1. The number of piperidine rings is 1. The van der Waals surface area contributed by atoms with Crippen LogP contribution in [0.3, 0.4) is 0 Å². The van der Waals surface area contributed by atoms with Crippen molar-refractivity contribution in [2.45, 2.75) is 44.6 Å². The monoisotopic (exact) mass is 550 g/mol. The number of likely N-dealkylation sites (tertiary alicyclic amines) is 1. The zero-order valence-electron chi connectivity index (χ0n) is 20.9. The summed E-state index contributed by atoms with van der Waals surface area (Å²) in [7, 11) is 0. The minimum atomic E-state index is -4.25. The van der Waals surface area contributed by atoms with Crippen LogP contribution in [-0.4, -0.2) is 54.9 Å². The molecule has 0 saturated carbocycles. The molecule has 1 aromatic carbocycles. The van der Waals surface area contributed by atoms with Crippen molar-refractivity contribution < 1.29 is 13.2 Å². The maximum absolute atomic E-state index is 12.9. The van der Waals surface area contributed by atoms with Crippen molar-refractivity contribution in [1.82, 2.24) is 29.6 Å². The molecule has 0 amide bonds. The number of nitrogens with zero attached hydrogens (tertiary/aromatic N) is 6. The van der Waals surface area contributed by atoms with Crippen LogP contribution in [-0.2, 0) is 19.5 Å². The van der Waals surface area contributed by atoms with Gasteiger partial charge in [-0.15, -0.1) is 11.3 Å². The van der Waals surface area contributed by atoms with E-state index in [2.05, 4.69) is 54.7 Å². The van der Waals surface area contributed by atoms with Crippen molar-refractivity contribution in [2.24, 2.45) is 0 Å². The molecule has 1 saturated heterocycles. The first kappa shape index (κ1) is 25.3. The van der Waals surface area contributed by atoms with Gasteiger partial charge < -0.3 is 9.88 Å². The summed E-state index contributed by atoms with van der Waals surface area (Å²) in [6.45, 7) is 3.13. The fourth-order valence-electron chi connectivity index (χ4n) is 5.22. The number of nitrogens with one attached hydrogen (secondary N) is 2. The van der Waals surface area contributed by atoms with Gasteiger partial charge in [-0.3, -0.25) is 10.00 Å². The number of alkyl halides is 3. The van der Waals surface area contributed by atoms with Crippen molar-refractivity contribution in [1.29, 1.82) is 5.26 Å². The third kappa shape index (κ3) is 5.60. The minimum Gasteiger partial charge on any atom is -0.367 e. The van der Waals surface area contributed by atoms with Gasteiger partial charge in [-0.2, -0.15) is 23.5 Å². The van der Waals surface area contributed by atoms with Gasteiger partial charge in [0.2, 0.25) is 0 Å². The second-order valence-corrected chi connectivity index (χ2v) is 11.0. The molecular formula is C27H25F3N8S. The summed E-state index contributed by atoms with van der Waals surface area (Å²) in [6.07, 6.45) is -0.303. The van der Waals surface area contributed by atoms with Crippen LogP contribution in [0.15, 0.2) is 48.9 Å². The zero-order chi connectivity index (χ0) is 27.0. The molecule has 39 heavy (non-hydrogen) atoms. The summed E-state index contributed by atoms with van der Waals surface area (Å²) < 4.78 is 40.5. The van der Waals surface area contributed by atoms with Crippen LogP contribution in [0.25, 0.3) is 21.1 Å². The molecule has 1 fully saturated rings. The molecule has 4 aromatic heterocycles. The molecule has 0 atom stereocenters. The van der Waals surface area contributed by atoms with Gasteiger partial charge in [0.1, 0.15) is 28.7 Å². The van der Waals surface area contributed by atoms with Gasteiger partial charge in [-0.25, -0.2) is 9.97 Å². The Hall–Kier alpha value is -3.95. The van der Waals surface area contributed by atoms with E-state index < -0.39 is 12.6 Å². The Balaban J connectivity index is 1.09. The Morgan fingerprint density at radius 2 is 1.95 bits per heavy atom. The molecule has 5 aromatic rings. The molecule has 6 rings (SSSR count). The lowest BCUT2D eigenvalue weighted by Gasteiger charge is -2.32. The minimum absolute atomic E-state index is 0.183. The normalized spacial score (nSPS) is 15.2. The van der Waals surface area contributed by atoms with Crippen molar-refractivity contribution >= 4 is 38.3 Å². The summed E-state index contributed by atoms with van der Waals surface area (Å²) in [4.78, 5) is 11.7. The molecule has 0 aliphatic carbocycles. The summed E-state index contributed by atoms with van der Waals surface area (Å²) in [5.41, 5.74) is 3.74. The fourth-order valence-corrected chi connectivity index (χ4v) is 6.24. The Bertz CT molecular complexity index is 1640. The third-order valence-electron chi connectivity index (χ3n) is 7.06. The highest BCUT2D eigenvalue weighted by atomic mass is 32.1. The molecule has 0 unspecified atom stereocenters. The quantitative estimate of drug-likeness (QED) is 0.279. The predicted octanol–water partition coefficient (Wildman–Crippen LogP) is 5.47. The van der Waals surface area contributed by atoms with Crippen LogP contribution in [0.5, 0.6) is 0 Å². The van der Waals surface area contributed by atoms with Crippen LogP contribution in [0.1, 0.15) is 34.7 Å². The topological polar surface area (TPSA) is 98.5 Å². The lowest BCUT2D eigenvalue weighted by molar-refractivity contribution is -0.126. The molecule has 1 aliphatic heterocycles. The second kappa shape index (κ2) is 10.3. The summed E-state index contributed by atoms with van der Waals surface area (Å²) in [5, 5.41) is 21.7. The van der Waals surface area contributed by atoms with Gasteiger partial charge >= 0.3 is 6.18 Å². The van der Waals surface area contributed by atoms with Crippen LogP contribution < -0.4 is 5.32 Å². The van der Waals surface area contributed by atoms with E-state index in [0.717, 1.165) is 60.4 Å². The van der Waals surface area contributed by atoms with Crippen LogP contribution in [0, 0.1) is 11.3 Å². The van der Waals surface area contributed by atoms with Crippen molar-refractivity contribution in [3.63, 3.8) is 0 Å². The Kier molecular flexibility index (Phi) is 6.70. The van der Waals surface area contributed by atoms with Crippen LogP contribution >= 0.6 is 11.3 Å². The molecule has 0 radical (unpaired) electrons. The average Bonchev–Trinajstić information content (AvgIpc) is 3.64. The number of anilines is 1. The SMILES string of the molecule is N#Cc1cc2cc(CN3CCC(Nc4ncnc5sc(CC(F)(F)F)cc45)CC3)ccc2n1Cc1ccn[nH]1. The van der Waals surface area contributed by atoms with E-state index in [4.69, 9.17) is 0 Å². The Morgan fingerprint density at radius 1 is 1.10 bits per heavy atom. The van der Waals surface area contributed by atoms with E-state index in [9.17, 15) is 18.4 Å². The number of rotatable bonds is 7. The van der Waals surface area contributed by atoms with Crippen LogP contribution in [0.4, 0.5) is 19.0 Å². The van der Waals surface area contributed by atoms with Gasteiger partial charge in [0, 0.05) is 47.7 Å². The van der Waals surface area contributed by atoms with Crippen LogP contribution in [0.2, 0.25) is 0 Å². The van der Waals surface area contributed by atoms with Gasteiger partial charge in [0.05, 0.1) is 24.0 Å². The van der Waals surface area contributed by atoms with Gasteiger partial charge in [0.15, 0.2) is 0 Å². The molecule has 0 spiro atoms. The fraction of sp³-hybridized carbons (Fsp3) is 0.333. The summed E-state index contributed by atoms with van der Waals surface area (Å²) >= 11 is 1.06. The molecule has 8 nitrogen and oxygen atoms in total. The van der Waals surface area contributed by atoms with Crippen molar-refractivity contribution in [3.8, 4) is 6.07 Å². The van der Waals surface area contributed by atoms with E-state index >= 15 is 0 Å². The summed E-state index contributed by atoms with van der Waals surface area (Å²) in [6, 6.07) is 14.2. The number of H-pyrrole nitrogens is 1. The van der Waals surface area contributed by atoms with E-state index in [0.29, 0.717) is 28.3 Å². The number of nitriles is 1. The largest absolute Gasteiger partial charge is 0.393 e. The van der Waals surface area contributed by atoms with Crippen molar-refractivity contribution in [3.05, 3.63) is 70.8 Å². The number of hydrogen-bond acceptors (Lipinski definition) is 7. The molecule has 5 heterocycles. The highest BCUT2D eigenvalue weighted by Crippen LogP contribution is 2.33. The molecule has 0 bridgehead atoms. The Labute approximate surface area is 226 Å². The molecule has 2 N–H and O–H groups in total. The average molecular weight is 551 g/mol. The number of aromatic nitrogens is 5. The smallest absolute Gasteiger partial charge is 0.367 e. The first-order valence-electron chi connectivity index (χ1n) is 12.6. The first-order valence-corrected chi connectivity index (χ1v) is 13.5. The molecule has 200 valence electrons. The maximum atomic E-state index is 12.9. The number of hydrogen-bond donors (Lipinski definition) is 2. The van der Waals surface area contributed by atoms with Gasteiger partial charge in [0.25, 0.3) is 0 Å². The standard InChI is InChI=1S/C27H25F3N8S/c28-27(29,30)12-22-11-23-25(32-16-33-26(23)39-22)35-19-4-7-37(8-5-19)14-17-1-2-24-18(9-17)10-21(13-31)38(24)15-20-3-6-34-36-20/h1-3,6,9-11,16,19H,4-5,7-8,12,14-15H2,(H,34,36)(H,32,33,35). The second-order valence-electron chi connectivity index (χ2n) is 9.84. The predicted molar refractivity (Wildman–Crippen MR) is 143 cm³/mol. The number of aromatic amines is 1. The number of benzene rings is 1. The highest BCUT2D eigenvalue weighted by molar-refractivity contribution is 7.18. The zero-order valence-corrected chi connectivity index (χ0v) is 21.7.